The zero-order valence-corrected chi connectivity index (χ0v) is 10.3. The normalized spacial score (nSPS) is 16.4. The average Bonchev–Trinajstić information content (AvgIpc) is 2.38. The van der Waals surface area contributed by atoms with Gasteiger partial charge < -0.3 is 10.0 Å². The van der Waals surface area contributed by atoms with E-state index in [1.165, 1.54) is 12.3 Å². The van der Waals surface area contributed by atoms with Gasteiger partial charge in [-0.3, -0.25) is 14.5 Å². The molecular formula is C12H14FN3O3. The van der Waals surface area contributed by atoms with Crippen LogP contribution in [0.5, 0.6) is 0 Å². The zero-order valence-electron chi connectivity index (χ0n) is 10.3. The second kappa shape index (κ2) is 5.75. The Balaban J connectivity index is 1.94. The molecule has 0 saturated carbocycles. The summed E-state index contributed by atoms with van der Waals surface area (Å²) in [6.45, 7) is 1.87. The van der Waals surface area contributed by atoms with E-state index in [1.54, 1.807) is 9.80 Å². The highest BCUT2D eigenvalue weighted by molar-refractivity contribution is 5.94. The number of aliphatic carboxylic acids is 1. The summed E-state index contributed by atoms with van der Waals surface area (Å²) >= 11 is 0. The molecule has 1 saturated heterocycles. The molecule has 1 N–H and O–H groups in total. The van der Waals surface area contributed by atoms with Crippen molar-refractivity contribution in [2.45, 2.75) is 0 Å². The average molecular weight is 267 g/mol. The molecule has 102 valence electrons. The molecule has 0 unspecified atom stereocenters. The number of carboxylic acid groups (broad SMARTS) is 1. The highest BCUT2D eigenvalue weighted by atomic mass is 19.1. The van der Waals surface area contributed by atoms with Crippen molar-refractivity contribution in [1.82, 2.24) is 14.8 Å². The molecule has 2 rings (SSSR count). The molecule has 0 bridgehead atoms. The standard InChI is InChI=1S/C12H14FN3O3/c13-10-7-9(1-2-14-10)12(19)16-5-3-15(4-6-16)8-11(17)18/h1-2,7H,3-6,8H2,(H,17,18). The van der Waals surface area contributed by atoms with Crippen LogP contribution in [-0.4, -0.2) is 64.5 Å². The van der Waals surface area contributed by atoms with Crippen molar-refractivity contribution in [3.63, 3.8) is 0 Å². The number of hydrogen-bond donors (Lipinski definition) is 1. The van der Waals surface area contributed by atoms with E-state index < -0.39 is 11.9 Å². The third-order valence-corrected chi connectivity index (χ3v) is 2.99. The number of halogens is 1. The second-order valence-corrected chi connectivity index (χ2v) is 4.33. The van der Waals surface area contributed by atoms with Gasteiger partial charge in [-0.25, -0.2) is 4.98 Å². The topological polar surface area (TPSA) is 73.7 Å². The van der Waals surface area contributed by atoms with E-state index >= 15 is 0 Å². The van der Waals surface area contributed by atoms with Gasteiger partial charge in [0.25, 0.3) is 5.91 Å². The van der Waals surface area contributed by atoms with E-state index in [1.807, 2.05) is 0 Å². The lowest BCUT2D eigenvalue weighted by Gasteiger charge is -2.33. The smallest absolute Gasteiger partial charge is 0.317 e. The molecule has 7 heteroatoms. The number of amides is 1. The van der Waals surface area contributed by atoms with E-state index in [9.17, 15) is 14.0 Å². The lowest BCUT2D eigenvalue weighted by atomic mass is 10.2. The summed E-state index contributed by atoms with van der Waals surface area (Å²) in [7, 11) is 0. The molecule has 0 aliphatic carbocycles. The maximum atomic E-state index is 12.9. The van der Waals surface area contributed by atoms with Gasteiger partial charge in [0.05, 0.1) is 6.54 Å². The van der Waals surface area contributed by atoms with Crippen molar-refractivity contribution < 1.29 is 19.1 Å². The Bertz CT molecular complexity index is 487. The summed E-state index contributed by atoms with van der Waals surface area (Å²) in [6.07, 6.45) is 1.25. The van der Waals surface area contributed by atoms with Crippen LogP contribution in [0.1, 0.15) is 10.4 Å². The summed E-state index contributed by atoms with van der Waals surface area (Å²) in [5.41, 5.74) is 0.263. The van der Waals surface area contributed by atoms with Crippen molar-refractivity contribution in [2.75, 3.05) is 32.7 Å². The van der Waals surface area contributed by atoms with Gasteiger partial charge in [-0.05, 0) is 6.07 Å². The number of rotatable bonds is 3. The van der Waals surface area contributed by atoms with Crippen molar-refractivity contribution in [2.24, 2.45) is 0 Å². The van der Waals surface area contributed by atoms with Crippen LogP contribution in [0.15, 0.2) is 18.3 Å². The van der Waals surface area contributed by atoms with Crippen LogP contribution in [0.3, 0.4) is 0 Å². The van der Waals surface area contributed by atoms with Crippen LogP contribution >= 0.6 is 0 Å². The molecule has 1 aliphatic heterocycles. The van der Waals surface area contributed by atoms with E-state index in [4.69, 9.17) is 5.11 Å². The van der Waals surface area contributed by atoms with Gasteiger partial charge in [-0.15, -0.1) is 0 Å². The van der Waals surface area contributed by atoms with Gasteiger partial charge in [-0.2, -0.15) is 4.39 Å². The molecule has 6 nitrogen and oxygen atoms in total. The molecule has 1 aliphatic rings. The highest BCUT2D eigenvalue weighted by Crippen LogP contribution is 2.09. The molecule has 1 aromatic heterocycles. The number of carboxylic acids is 1. The number of aromatic nitrogens is 1. The Labute approximate surface area is 109 Å². The van der Waals surface area contributed by atoms with E-state index in [0.29, 0.717) is 26.2 Å². The largest absolute Gasteiger partial charge is 0.480 e. The Morgan fingerprint density at radius 2 is 2.00 bits per heavy atom. The minimum Gasteiger partial charge on any atom is -0.480 e. The monoisotopic (exact) mass is 267 g/mol. The number of nitrogens with zero attached hydrogens (tertiary/aromatic N) is 3. The molecule has 0 spiro atoms. The quantitative estimate of drug-likeness (QED) is 0.784. The zero-order chi connectivity index (χ0) is 13.8. The first-order valence-electron chi connectivity index (χ1n) is 5.91. The summed E-state index contributed by atoms with van der Waals surface area (Å²) in [5.74, 6) is -1.82. The predicted octanol–water partition coefficient (Wildman–Crippen LogP) is 0.0631. The van der Waals surface area contributed by atoms with Crippen LogP contribution in [-0.2, 0) is 4.79 Å². The van der Waals surface area contributed by atoms with E-state index in [-0.39, 0.29) is 18.0 Å². The molecular weight excluding hydrogens is 253 g/mol. The van der Waals surface area contributed by atoms with E-state index in [2.05, 4.69) is 4.98 Å². The first-order chi connectivity index (χ1) is 9.06. The fourth-order valence-electron chi connectivity index (χ4n) is 2.02. The minimum atomic E-state index is -0.879. The number of carbonyl (C=O) groups is 2. The predicted molar refractivity (Wildman–Crippen MR) is 64.2 cm³/mol. The van der Waals surface area contributed by atoms with Crippen molar-refractivity contribution in [3.05, 3.63) is 29.8 Å². The number of pyridine rings is 1. The summed E-state index contributed by atoms with van der Waals surface area (Å²) in [5, 5.41) is 8.68. The third kappa shape index (κ3) is 3.47. The fourth-order valence-corrected chi connectivity index (χ4v) is 2.02. The third-order valence-electron chi connectivity index (χ3n) is 2.99. The van der Waals surface area contributed by atoms with Crippen LogP contribution in [0.4, 0.5) is 4.39 Å². The summed E-state index contributed by atoms with van der Waals surface area (Å²) in [4.78, 5) is 29.4. The Morgan fingerprint density at radius 1 is 1.32 bits per heavy atom. The number of carbonyl (C=O) groups excluding carboxylic acids is 1. The van der Waals surface area contributed by atoms with Crippen molar-refractivity contribution >= 4 is 11.9 Å². The highest BCUT2D eigenvalue weighted by Gasteiger charge is 2.23. The number of piperazine rings is 1. The van der Waals surface area contributed by atoms with Gasteiger partial charge in [0.1, 0.15) is 0 Å². The van der Waals surface area contributed by atoms with Crippen molar-refractivity contribution in [3.8, 4) is 0 Å². The minimum absolute atomic E-state index is 0.0219. The molecule has 0 aromatic carbocycles. The van der Waals surface area contributed by atoms with E-state index in [0.717, 1.165) is 6.07 Å². The maximum absolute atomic E-state index is 12.9. The molecule has 0 atom stereocenters. The van der Waals surface area contributed by atoms with Crippen LogP contribution in [0, 0.1) is 5.95 Å². The lowest BCUT2D eigenvalue weighted by molar-refractivity contribution is -0.138. The Kier molecular flexibility index (Phi) is 4.06. The van der Waals surface area contributed by atoms with Gasteiger partial charge >= 0.3 is 5.97 Å². The lowest BCUT2D eigenvalue weighted by Crippen LogP contribution is -2.49. The van der Waals surface area contributed by atoms with Crippen LogP contribution in [0.2, 0.25) is 0 Å². The van der Waals surface area contributed by atoms with Crippen LogP contribution in [0.25, 0.3) is 0 Å². The van der Waals surface area contributed by atoms with Gasteiger partial charge in [-0.1, -0.05) is 0 Å². The SMILES string of the molecule is O=C(O)CN1CCN(C(=O)c2ccnc(F)c2)CC1. The summed E-state index contributed by atoms with van der Waals surface area (Å²) in [6, 6.07) is 2.57. The molecule has 1 amide bonds. The molecule has 19 heavy (non-hydrogen) atoms. The van der Waals surface area contributed by atoms with Gasteiger partial charge in [0.15, 0.2) is 0 Å². The molecule has 0 radical (unpaired) electrons. The van der Waals surface area contributed by atoms with Gasteiger partial charge in [0.2, 0.25) is 5.95 Å². The van der Waals surface area contributed by atoms with Crippen molar-refractivity contribution in [1.29, 1.82) is 0 Å². The fraction of sp³-hybridized carbons (Fsp3) is 0.417. The second-order valence-electron chi connectivity index (χ2n) is 4.33. The first-order valence-corrected chi connectivity index (χ1v) is 5.91. The Morgan fingerprint density at radius 3 is 2.58 bits per heavy atom. The summed E-state index contributed by atoms with van der Waals surface area (Å²) < 4.78 is 12.9. The molecule has 1 fully saturated rings. The van der Waals surface area contributed by atoms with Gasteiger partial charge in [0, 0.05) is 44.0 Å². The number of hydrogen-bond acceptors (Lipinski definition) is 4. The molecule has 2 heterocycles. The maximum Gasteiger partial charge on any atom is 0.317 e. The van der Waals surface area contributed by atoms with Crippen LogP contribution < -0.4 is 0 Å². The Hall–Kier alpha value is -2.02. The first kappa shape index (κ1) is 13.4. The molecule has 1 aromatic rings.